The first-order chi connectivity index (χ1) is 13.8. The first kappa shape index (κ1) is 18.4. The summed E-state index contributed by atoms with van der Waals surface area (Å²) in [6.45, 7) is 8.36. The molecule has 29 heavy (non-hydrogen) atoms. The molecule has 1 heterocycles. The third kappa shape index (κ3) is 3.06. The van der Waals surface area contributed by atoms with E-state index < -0.39 is 0 Å². The van der Waals surface area contributed by atoms with Crippen LogP contribution < -0.4 is 5.46 Å². The quantitative estimate of drug-likeness (QED) is 0.316. The molecule has 3 heteroatoms. The zero-order valence-corrected chi connectivity index (χ0v) is 17.4. The second-order valence-electron chi connectivity index (χ2n) is 8.94. The van der Waals surface area contributed by atoms with Gasteiger partial charge in [-0.1, -0.05) is 72.8 Å². The molecule has 0 saturated carbocycles. The van der Waals surface area contributed by atoms with Crippen molar-refractivity contribution >= 4 is 34.1 Å². The van der Waals surface area contributed by atoms with E-state index in [9.17, 15) is 0 Å². The van der Waals surface area contributed by atoms with Gasteiger partial charge in [-0.3, -0.25) is 0 Å². The largest absolute Gasteiger partial charge is 0.494 e. The van der Waals surface area contributed by atoms with E-state index >= 15 is 0 Å². The van der Waals surface area contributed by atoms with Gasteiger partial charge in [-0.05, 0) is 71.9 Å². The Morgan fingerprint density at radius 1 is 0.586 bits per heavy atom. The second-order valence-corrected chi connectivity index (χ2v) is 8.94. The van der Waals surface area contributed by atoms with E-state index in [1.807, 2.05) is 0 Å². The Morgan fingerprint density at radius 3 is 1.97 bits per heavy atom. The first-order valence-electron chi connectivity index (χ1n) is 10.2. The smallest absolute Gasteiger partial charge is 0.399 e. The predicted molar refractivity (Wildman–Crippen MR) is 123 cm³/mol. The van der Waals surface area contributed by atoms with Crippen LogP contribution in [0.1, 0.15) is 27.7 Å². The summed E-state index contributed by atoms with van der Waals surface area (Å²) >= 11 is 0. The van der Waals surface area contributed by atoms with Gasteiger partial charge in [-0.2, -0.15) is 0 Å². The molecule has 0 spiro atoms. The highest BCUT2D eigenvalue weighted by molar-refractivity contribution is 6.62. The zero-order valence-electron chi connectivity index (χ0n) is 17.4. The van der Waals surface area contributed by atoms with Crippen LogP contribution in [-0.4, -0.2) is 18.3 Å². The summed E-state index contributed by atoms with van der Waals surface area (Å²) in [4.78, 5) is 0. The summed E-state index contributed by atoms with van der Waals surface area (Å²) in [5.74, 6) is 0. The number of hydrogen-bond acceptors (Lipinski definition) is 2. The lowest BCUT2D eigenvalue weighted by Crippen LogP contribution is -2.41. The average molecular weight is 380 g/mol. The number of benzene rings is 4. The van der Waals surface area contributed by atoms with Crippen LogP contribution in [0.2, 0.25) is 0 Å². The van der Waals surface area contributed by atoms with Gasteiger partial charge in [0.25, 0.3) is 0 Å². The highest BCUT2D eigenvalue weighted by atomic mass is 16.7. The third-order valence-corrected chi connectivity index (χ3v) is 6.49. The highest BCUT2D eigenvalue weighted by Gasteiger charge is 2.51. The van der Waals surface area contributed by atoms with Gasteiger partial charge >= 0.3 is 7.12 Å². The van der Waals surface area contributed by atoms with Crippen molar-refractivity contribution in [3.63, 3.8) is 0 Å². The Bertz CT molecular complexity index is 1200. The monoisotopic (exact) mass is 380 g/mol. The fourth-order valence-electron chi connectivity index (χ4n) is 4.01. The molecule has 0 amide bonds. The van der Waals surface area contributed by atoms with E-state index in [2.05, 4.69) is 107 Å². The minimum absolute atomic E-state index is 0.333. The molecule has 1 fully saturated rings. The Hall–Kier alpha value is -2.62. The van der Waals surface area contributed by atoms with Crippen molar-refractivity contribution in [3.05, 3.63) is 78.9 Å². The minimum atomic E-state index is -0.337. The average Bonchev–Trinajstić information content (AvgIpc) is 2.95. The van der Waals surface area contributed by atoms with E-state index in [4.69, 9.17) is 9.31 Å². The van der Waals surface area contributed by atoms with Gasteiger partial charge < -0.3 is 9.31 Å². The van der Waals surface area contributed by atoms with Crippen molar-refractivity contribution in [1.29, 1.82) is 0 Å². The molecule has 0 aliphatic carbocycles. The molecule has 0 atom stereocenters. The molecule has 1 aliphatic rings. The third-order valence-electron chi connectivity index (χ3n) is 6.49. The standard InChI is InChI=1S/C26H25BO2/c1-25(2)26(3,4)29-27(28-25)22-14-15-23-21(16-22)13-11-19-10-12-20(17-24(19)23)18-8-6-5-7-9-18/h5-17H,1-4H3. The van der Waals surface area contributed by atoms with Gasteiger partial charge in [0, 0.05) is 0 Å². The van der Waals surface area contributed by atoms with Crippen LogP contribution in [0.3, 0.4) is 0 Å². The maximum atomic E-state index is 6.24. The van der Waals surface area contributed by atoms with Gasteiger partial charge in [-0.25, -0.2) is 0 Å². The van der Waals surface area contributed by atoms with Crippen LogP contribution in [-0.2, 0) is 9.31 Å². The van der Waals surface area contributed by atoms with E-state index in [1.54, 1.807) is 0 Å². The molecule has 0 N–H and O–H groups in total. The minimum Gasteiger partial charge on any atom is -0.399 e. The van der Waals surface area contributed by atoms with Crippen molar-refractivity contribution in [2.75, 3.05) is 0 Å². The van der Waals surface area contributed by atoms with Crippen LogP contribution in [0.5, 0.6) is 0 Å². The molecule has 2 nitrogen and oxygen atoms in total. The van der Waals surface area contributed by atoms with Gasteiger partial charge in [0.15, 0.2) is 0 Å². The maximum absolute atomic E-state index is 6.24. The van der Waals surface area contributed by atoms with Crippen molar-refractivity contribution in [2.24, 2.45) is 0 Å². The Labute approximate surface area is 172 Å². The molecule has 1 saturated heterocycles. The predicted octanol–water partition coefficient (Wildman–Crippen LogP) is 5.96. The summed E-state index contributed by atoms with van der Waals surface area (Å²) < 4.78 is 12.5. The summed E-state index contributed by atoms with van der Waals surface area (Å²) in [5.41, 5.74) is 2.87. The number of hydrogen-bond donors (Lipinski definition) is 0. The number of rotatable bonds is 2. The molecule has 144 valence electrons. The van der Waals surface area contributed by atoms with E-state index in [0.717, 1.165) is 5.46 Å². The van der Waals surface area contributed by atoms with Crippen molar-refractivity contribution in [2.45, 2.75) is 38.9 Å². The fourth-order valence-corrected chi connectivity index (χ4v) is 4.01. The maximum Gasteiger partial charge on any atom is 0.494 e. The molecule has 0 bridgehead atoms. The lowest BCUT2D eigenvalue weighted by atomic mass is 9.78. The molecule has 0 radical (unpaired) electrons. The van der Waals surface area contributed by atoms with Crippen LogP contribution in [0.4, 0.5) is 0 Å². The van der Waals surface area contributed by atoms with Crippen LogP contribution >= 0.6 is 0 Å². The summed E-state index contributed by atoms with van der Waals surface area (Å²) in [6, 6.07) is 28.2. The molecule has 4 aromatic carbocycles. The normalized spacial score (nSPS) is 17.9. The van der Waals surface area contributed by atoms with Gasteiger partial charge in [-0.15, -0.1) is 0 Å². The Morgan fingerprint density at radius 2 is 1.24 bits per heavy atom. The van der Waals surface area contributed by atoms with Gasteiger partial charge in [0.2, 0.25) is 0 Å². The number of fused-ring (bicyclic) bond motifs is 3. The summed E-state index contributed by atoms with van der Waals surface area (Å²) in [5, 5.41) is 4.97. The molecule has 1 aliphatic heterocycles. The molecular formula is C26H25BO2. The fraction of sp³-hybridized carbons (Fsp3) is 0.231. The van der Waals surface area contributed by atoms with E-state index in [-0.39, 0.29) is 18.3 Å². The summed E-state index contributed by atoms with van der Waals surface area (Å²) in [7, 11) is -0.337. The lowest BCUT2D eigenvalue weighted by Gasteiger charge is -2.32. The van der Waals surface area contributed by atoms with Crippen LogP contribution in [0, 0.1) is 0 Å². The van der Waals surface area contributed by atoms with Crippen molar-refractivity contribution in [1.82, 2.24) is 0 Å². The van der Waals surface area contributed by atoms with Crippen molar-refractivity contribution in [3.8, 4) is 11.1 Å². The molecule has 5 rings (SSSR count). The second kappa shape index (κ2) is 6.45. The van der Waals surface area contributed by atoms with Gasteiger partial charge in [0.05, 0.1) is 11.2 Å². The molecule has 0 unspecified atom stereocenters. The Kier molecular flexibility index (Phi) is 4.09. The SMILES string of the molecule is CC1(C)OB(c2ccc3c(ccc4ccc(-c5ccccc5)cc43)c2)OC1(C)C. The topological polar surface area (TPSA) is 18.5 Å². The lowest BCUT2D eigenvalue weighted by molar-refractivity contribution is 0.00578. The highest BCUT2D eigenvalue weighted by Crippen LogP contribution is 2.37. The Balaban J connectivity index is 1.60. The van der Waals surface area contributed by atoms with E-state index in [0.29, 0.717) is 0 Å². The zero-order chi connectivity index (χ0) is 20.2. The van der Waals surface area contributed by atoms with Crippen LogP contribution in [0.25, 0.3) is 32.7 Å². The summed E-state index contributed by atoms with van der Waals surface area (Å²) in [6.07, 6.45) is 0. The van der Waals surface area contributed by atoms with Crippen LogP contribution in [0.15, 0.2) is 78.9 Å². The van der Waals surface area contributed by atoms with Gasteiger partial charge in [0.1, 0.15) is 0 Å². The van der Waals surface area contributed by atoms with E-state index in [1.165, 1.54) is 32.7 Å². The first-order valence-corrected chi connectivity index (χ1v) is 10.2. The van der Waals surface area contributed by atoms with Crippen molar-refractivity contribution < 1.29 is 9.31 Å². The molecule has 4 aromatic rings. The molecular weight excluding hydrogens is 355 g/mol. The molecule has 0 aromatic heterocycles.